The molecule has 162 valence electrons. The van der Waals surface area contributed by atoms with E-state index in [4.69, 9.17) is 33.2 Å². The number of ether oxygens (including phenoxy) is 7. The fourth-order valence-electron chi connectivity index (χ4n) is 2.72. The highest BCUT2D eigenvalue weighted by Gasteiger charge is 2.12. The topological polar surface area (TPSA) is 81.7 Å². The normalized spacial score (nSPS) is 16.0. The number of hydrogen-bond acceptors (Lipinski definition) is 8. The second-order valence-electron chi connectivity index (χ2n) is 6.22. The van der Waals surface area contributed by atoms with Crippen molar-refractivity contribution in [2.24, 2.45) is 0 Å². The zero-order chi connectivity index (χ0) is 21.0. The number of para-hydroxylation sites is 2. The zero-order valence-corrected chi connectivity index (χ0v) is 17.0. The van der Waals surface area contributed by atoms with Gasteiger partial charge >= 0.3 is 5.97 Å². The average Bonchev–Trinajstić information content (AvgIpc) is 2.78. The van der Waals surface area contributed by atoms with Crippen molar-refractivity contribution in [3.63, 3.8) is 0 Å². The first kappa shape index (κ1) is 21.7. The average molecular weight is 418 g/mol. The third kappa shape index (κ3) is 6.53. The summed E-state index contributed by atoms with van der Waals surface area (Å²) < 4.78 is 38.9. The van der Waals surface area contributed by atoms with Gasteiger partial charge in [0.25, 0.3) is 0 Å². The van der Waals surface area contributed by atoms with Gasteiger partial charge in [0.05, 0.1) is 39.1 Å². The monoisotopic (exact) mass is 418 g/mol. The van der Waals surface area contributed by atoms with Crippen LogP contribution in [0.2, 0.25) is 0 Å². The first-order valence-corrected chi connectivity index (χ1v) is 9.76. The summed E-state index contributed by atoms with van der Waals surface area (Å²) in [7, 11) is 1.33. The molecule has 0 fully saturated rings. The van der Waals surface area contributed by atoms with Crippen molar-refractivity contribution in [1.82, 2.24) is 0 Å². The predicted molar refractivity (Wildman–Crippen MR) is 108 cm³/mol. The van der Waals surface area contributed by atoms with Crippen LogP contribution in [0.1, 0.15) is 10.4 Å². The van der Waals surface area contributed by atoms with Gasteiger partial charge in [-0.05, 0) is 30.3 Å². The zero-order valence-electron chi connectivity index (χ0n) is 17.0. The molecular formula is C22H26O8. The number of carbonyl (C=O) groups is 1. The Morgan fingerprint density at radius 3 is 1.63 bits per heavy atom. The van der Waals surface area contributed by atoms with E-state index in [9.17, 15) is 4.79 Å². The van der Waals surface area contributed by atoms with Crippen LogP contribution >= 0.6 is 0 Å². The van der Waals surface area contributed by atoms with Crippen molar-refractivity contribution in [1.29, 1.82) is 0 Å². The summed E-state index contributed by atoms with van der Waals surface area (Å²) in [6.07, 6.45) is 0. The van der Waals surface area contributed by atoms with Gasteiger partial charge in [-0.15, -0.1) is 0 Å². The van der Waals surface area contributed by atoms with Gasteiger partial charge in [0, 0.05) is 0 Å². The maximum atomic E-state index is 11.8. The Bertz CT molecular complexity index is 807. The Kier molecular flexibility index (Phi) is 8.62. The molecule has 2 aromatic rings. The molecule has 30 heavy (non-hydrogen) atoms. The highest BCUT2D eigenvalue weighted by molar-refractivity contribution is 5.90. The molecule has 0 saturated heterocycles. The molecule has 0 spiro atoms. The van der Waals surface area contributed by atoms with Crippen LogP contribution in [0.15, 0.2) is 42.5 Å². The van der Waals surface area contributed by atoms with E-state index in [0.717, 1.165) is 0 Å². The second-order valence-corrected chi connectivity index (χ2v) is 6.22. The minimum absolute atomic E-state index is 0.289. The molecule has 0 unspecified atom stereocenters. The van der Waals surface area contributed by atoms with Gasteiger partial charge in [0.1, 0.15) is 26.4 Å². The van der Waals surface area contributed by atoms with Gasteiger partial charge < -0.3 is 33.2 Å². The van der Waals surface area contributed by atoms with Gasteiger partial charge in [-0.2, -0.15) is 0 Å². The van der Waals surface area contributed by atoms with E-state index in [1.54, 1.807) is 18.2 Å². The van der Waals surface area contributed by atoms with E-state index in [1.165, 1.54) is 7.11 Å². The summed E-state index contributed by atoms with van der Waals surface area (Å²) in [4.78, 5) is 11.8. The van der Waals surface area contributed by atoms with Crippen molar-refractivity contribution in [3.05, 3.63) is 48.0 Å². The lowest BCUT2D eigenvalue weighted by atomic mass is 10.2. The smallest absolute Gasteiger partial charge is 0.337 e. The summed E-state index contributed by atoms with van der Waals surface area (Å²) >= 11 is 0. The molecule has 0 bridgehead atoms. The lowest BCUT2D eigenvalue weighted by molar-refractivity contribution is 0.0595. The number of esters is 1. The van der Waals surface area contributed by atoms with E-state index in [1.807, 2.05) is 24.3 Å². The van der Waals surface area contributed by atoms with Gasteiger partial charge in [0.2, 0.25) is 0 Å². The van der Waals surface area contributed by atoms with Crippen LogP contribution in [0.5, 0.6) is 23.0 Å². The minimum atomic E-state index is -0.446. The van der Waals surface area contributed by atoms with Crippen LogP contribution in [0.4, 0.5) is 0 Å². The molecule has 8 nitrogen and oxygen atoms in total. The van der Waals surface area contributed by atoms with E-state index in [2.05, 4.69) is 0 Å². The number of rotatable bonds is 1. The molecule has 0 aromatic heterocycles. The number of carbonyl (C=O) groups excluding carboxylic acids is 1. The lowest BCUT2D eigenvalue weighted by Crippen LogP contribution is -2.15. The molecule has 8 heteroatoms. The Hall–Kier alpha value is -2.97. The number of hydrogen-bond donors (Lipinski definition) is 0. The van der Waals surface area contributed by atoms with Crippen LogP contribution in [0, 0.1) is 0 Å². The molecule has 0 radical (unpaired) electrons. The largest absolute Gasteiger partial charge is 0.487 e. The predicted octanol–water partition coefficient (Wildman–Crippen LogP) is 2.74. The van der Waals surface area contributed by atoms with Crippen LogP contribution in [-0.2, 0) is 14.2 Å². The maximum Gasteiger partial charge on any atom is 0.337 e. The van der Waals surface area contributed by atoms with Crippen molar-refractivity contribution < 1.29 is 38.0 Å². The van der Waals surface area contributed by atoms with Crippen molar-refractivity contribution in [2.75, 3.05) is 60.0 Å². The third-order valence-corrected chi connectivity index (χ3v) is 4.15. The number of benzene rings is 2. The van der Waals surface area contributed by atoms with Gasteiger partial charge in [-0.1, -0.05) is 12.1 Å². The van der Waals surface area contributed by atoms with Gasteiger partial charge in [-0.3, -0.25) is 0 Å². The SMILES string of the molecule is COC(=O)c1ccc2c(c1)OCCOCCOc1ccccc1OCCOCCO2. The molecule has 0 aliphatic carbocycles. The van der Waals surface area contributed by atoms with Gasteiger partial charge in [-0.25, -0.2) is 4.79 Å². The van der Waals surface area contributed by atoms with Crippen molar-refractivity contribution in [2.45, 2.75) is 0 Å². The molecule has 3 rings (SSSR count). The highest BCUT2D eigenvalue weighted by Crippen LogP contribution is 2.29. The third-order valence-electron chi connectivity index (χ3n) is 4.15. The Morgan fingerprint density at radius 1 is 0.667 bits per heavy atom. The summed E-state index contributed by atoms with van der Waals surface area (Å²) in [6, 6.07) is 12.4. The number of fused-ring (bicyclic) bond motifs is 2. The van der Waals surface area contributed by atoms with Crippen molar-refractivity contribution >= 4 is 5.97 Å². The van der Waals surface area contributed by atoms with Crippen LogP contribution < -0.4 is 18.9 Å². The van der Waals surface area contributed by atoms with Crippen molar-refractivity contribution in [3.8, 4) is 23.0 Å². The van der Waals surface area contributed by atoms with Crippen LogP contribution in [-0.4, -0.2) is 65.9 Å². The molecule has 1 aliphatic rings. The molecule has 0 atom stereocenters. The van der Waals surface area contributed by atoms with E-state index < -0.39 is 5.97 Å². The summed E-state index contributed by atoms with van der Waals surface area (Å²) in [6.45, 7) is 2.91. The highest BCUT2D eigenvalue weighted by atomic mass is 16.6. The Labute approximate surface area is 175 Å². The summed E-state index contributed by atoms with van der Waals surface area (Å²) in [5.74, 6) is 1.83. The van der Waals surface area contributed by atoms with E-state index in [0.29, 0.717) is 74.8 Å². The molecular weight excluding hydrogens is 392 g/mol. The van der Waals surface area contributed by atoms with Gasteiger partial charge in [0.15, 0.2) is 23.0 Å². The quantitative estimate of drug-likeness (QED) is 0.654. The van der Waals surface area contributed by atoms with E-state index >= 15 is 0 Å². The minimum Gasteiger partial charge on any atom is -0.487 e. The summed E-state index contributed by atoms with van der Waals surface area (Å²) in [5.41, 5.74) is 0.378. The van der Waals surface area contributed by atoms with Crippen LogP contribution in [0.25, 0.3) is 0 Å². The lowest BCUT2D eigenvalue weighted by Gasteiger charge is -2.16. The number of methoxy groups -OCH3 is 1. The van der Waals surface area contributed by atoms with Crippen LogP contribution in [0.3, 0.4) is 0 Å². The molecule has 0 N–H and O–H groups in total. The first-order valence-electron chi connectivity index (χ1n) is 9.76. The Morgan fingerprint density at radius 2 is 1.13 bits per heavy atom. The molecule has 1 aliphatic heterocycles. The first-order chi connectivity index (χ1) is 14.8. The van der Waals surface area contributed by atoms with E-state index in [-0.39, 0.29) is 6.61 Å². The second kappa shape index (κ2) is 11.9. The fourth-order valence-corrected chi connectivity index (χ4v) is 2.72. The molecule has 1 heterocycles. The maximum absolute atomic E-state index is 11.8. The molecule has 2 aromatic carbocycles. The summed E-state index contributed by atoms with van der Waals surface area (Å²) in [5, 5.41) is 0. The fraction of sp³-hybridized carbons (Fsp3) is 0.409. The molecule has 0 saturated carbocycles. The molecule has 0 amide bonds. The standard InChI is InChI=1S/C22H26O8/c1-24-22(23)17-6-7-20-21(16-17)30-15-11-26-9-13-28-19-5-3-2-4-18(19)27-12-8-25-10-14-29-20/h2-7,16H,8-15H2,1H3. The Balaban J connectivity index is 1.62.